The van der Waals surface area contributed by atoms with Crippen LogP contribution < -0.4 is 19.5 Å². The van der Waals surface area contributed by atoms with E-state index in [1.54, 1.807) is 12.1 Å². The minimum Gasteiger partial charge on any atom is -0.493 e. The first-order valence-electron chi connectivity index (χ1n) is 9.53. The highest BCUT2D eigenvalue weighted by atomic mass is 32.1. The molecule has 2 heterocycles. The van der Waals surface area contributed by atoms with Crippen molar-refractivity contribution < 1.29 is 28.9 Å². The second-order valence-electron chi connectivity index (χ2n) is 6.98. The van der Waals surface area contributed by atoms with Gasteiger partial charge in [0.15, 0.2) is 11.5 Å². The molecule has 1 atom stereocenters. The molecule has 160 valence electrons. The van der Waals surface area contributed by atoms with Crippen LogP contribution in [0.5, 0.6) is 17.2 Å². The fourth-order valence-electron chi connectivity index (χ4n) is 3.89. The van der Waals surface area contributed by atoms with Crippen LogP contribution in [0.3, 0.4) is 0 Å². The number of carboxylic acids is 1. The number of fused-ring (bicyclic) bond motifs is 1. The normalized spacial score (nSPS) is 15.1. The zero-order valence-corrected chi connectivity index (χ0v) is 18.0. The zero-order chi connectivity index (χ0) is 22.1. The van der Waals surface area contributed by atoms with Crippen molar-refractivity contribution in [2.24, 2.45) is 0 Å². The van der Waals surface area contributed by atoms with Gasteiger partial charge in [-0.1, -0.05) is 30.3 Å². The van der Waals surface area contributed by atoms with Gasteiger partial charge in [0.1, 0.15) is 4.88 Å². The highest BCUT2D eigenvalue weighted by molar-refractivity contribution is 7.15. The molecular weight excluding hydrogens is 418 g/mol. The van der Waals surface area contributed by atoms with Crippen molar-refractivity contribution in [1.29, 1.82) is 0 Å². The van der Waals surface area contributed by atoms with Crippen LogP contribution >= 0.6 is 11.3 Å². The molecule has 1 aliphatic heterocycles. The van der Waals surface area contributed by atoms with Crippen LogP contribution in [0, 0.1) is 0 Å². The second-order valence-corrected chi connectivity index (χ2v) is 8.03. The van der Waals surface area contributed by atoms with Crippen molar-refractivity contribution in [3.8, 4) is 28.4 Å². The fraction of sp³-hybridized carbons (Fsp3) is 0.217. The number of carbonyl (C=O) groups is 2. The van der Waals surface area contributed by atoms with E-state index < -0.39 is 5.97 Å². The van der Waals surface area contributed by atoms with E-state index in [-0.39, 0.29) is 23.1 Å². The molecule has 0 spiro atoms. The Labute approximate surface area is 183 Å². The molecule has 0 bridgehead atoms. The van der Waals surface area contributed by atoms with Crippen molar-refractivity contribution in [2.75, 3.05) is 26.6 Å². The average molecular weight is 439 g/mol. The number of nitrogens with one attached hydrogen (secondary N) is 1. The van der Waals surface area contributed by atoms with Gasteiger partial charge in [0.25, 0.3) is 0 Å². The van der Waals surface area contributed by atoms with Gasteiger partial charge in [-0.2, -0.15) is 0 Å². The van der Waals surface area contributed by atoms with Gasteiger partial charge < -0.3 is 24.6 Å². The Morgan fingerprint density at radius 3 is 2.26 bits per heavy atom. The van der Waals surface area contributed by atoms with Crippen LogP contribution in [-0.4, -0.2) is 38.3 Å². The maximum absolute atomic E-state index is 12.7. The lowest BCUT2D eigenvalue weighted by Gasteiger charge is -2.25. The molecule has 8 heteroatoms. The van der Waals surface area contributed by atoms with Gasteiger partial charge in [-0.15, -0.1) is 11.3 Å². The summed E-state index contributed by atoms with van der Waals surface area (Å²) in [5, 5.41) is 12.8. The molecule has 2 N–H and O–H groups in total. The van der Waals surface area contributed by atoms with Gasteiger partial charge in [-0.25, -0.2) is 4.79 Å². The summed E-state index contributed by atoms with van der Waals surface area (Å²) in [5.74, 6) is -0.158. The Balaban J connectivity index is 1.94. The Morgan fingerprint density at radius 2 is 1.71 bits per heavy atom. The summed E-state index contributed by atoms with van der Waals surface area (Å²) in [6, 6.07) is 12.8. The minimum absolute atomic E-state index is 0.180. The number of benzene rings is 2. The Bertz CT molecular complexity index is 1130. The van der Waals surface area contributed by atoms with E-state index in [0.717, 1.165) is 16.0 Å². The summed E-state index contributed by atoms with van der Waals surface area (Å²) < 4.78 is 16.3. The van der Waals surface area contributed by atoms with Crippen LogP contribution in [0.25, 0.3) is 11.1 Å². The first-order chi connectivity index (χ1) is 15.0. The quantitative estimate of drug-likeness (QED) is 0.582. The Kier molecular flexibility index (Phi) is 5.56. The second kappa shape index (κ2) is 8.31. The molecule has 0 fully saturated rings. The summed E-state index contributed by atoms with van der Waals surface area (Å²) in [4.78, 5) is 25.7. The van der Waals surface area contributed by atoms with Crippen molar-refractivity contribution in [3.05, 3.63) is 57.8 Å². The van der Waals surface area contributed by atoms with Crippen LogP contribution in [0.4, 0.5) is 5.69 Å². The summed E-state index contributed by atoms with van der Waals surface area (Å²) in [5.41, 5.74) is 2.59. The van der Waals surface area contributed by atoms with E-state index in [9.17, 15) is 14.7 Å². The largest absolute Gasteiger partial charge is 0.493 e. The number of aromatic carboxylic acids is 1. The number of ether oxygens (including phenoxy) is 3. The molecule has 1 amide bonds. The monoisotopic (exact) mass is 439 g/mol. The molecule has 4 rings (SSSR count). The molecule has 1 aliphatic rings. The number of carboxylic acid groups (broad SMARTS) is 1. The number of hydrogen-bond donors (Lipinski definition) is 2. The van der Waals surface area contributed by atoms with E-state index in [1.807, 2.05) is 30.3 Å². The van der Waals surface area contributed by atoms with Crippen LogP contribution in [0.2, 0.25) is 0 Å². The number of thiophene rings is 1. The van der Waals surface area contributed by atoms with Crippen LogP contribution in [-0.2, 0) is 4.79 Å². The summed E-state index contributed by atoms with van der Waals surface area (Å²) >= 11 is 1.18. The lowest BCUT2D eigenvalue weighted by atomic mass is 9.88. The summed E-state index contributed by atoms with van der Waals surface area (Å²) in [6.45, 7) is 0. The predicted octanol–water partition coefficient (Wildman–Crippen LogP) is 4.61. The molecular formula is C23H21NO6S. The summed E-state index contributed by atoms with van der Waals surface area (Å²) in [6.07, 6.45) is 0.180. The summed E-state index contributed by atoms with van der Waals surface area (Å²) in [7, 11) is 4.58. The van der Waals surface area contributed by atoms with Crippen LogP contribution in [0.1, 0.15) is 32.5 Å². The van der Waals surface area contributed by atoms with E-state index in [4.69, 9.17) is 14.2 Å². The molecule has 1 aromatic heterocycles. The van der Waals surface area contributed by atoms with Crippen LogP contribution in [0.15, 0.2) is 42.5 Å². The molecule has 0 unspecified atom stereocenters. The third kappa shape index (κ3) is 3.59. The van der Waals surface area contributed by atoms with Gasteiger partial charge in [0.2, 0.25) is 11.7 Å². The van der Waals surface area contributed by atoms with Gasteiger partial charge in [0, 0.05) is 22.8 Å². The average Bonchev–Trinajstić information content (AvgIpc) is 3.17. The van der Waals surface area contributed by atoms with Crippen molar-refractivity contribution in [1.82, 2.24) is 0 Å². The smallest absolute Gasteiger partial charge is 0.346 e. The Hall–Kier alpha value is -3.52. The van der Waals surface area contributed by atoms with Crippen molar-refractivity contribution >= 4 is 28.9 Å². The zero-order valence-electron chi connectivity index (χ0n) is 17.2. The minimum atomic E-state index is -1.03. The van der Waals surface area contributed by atoms with E-state index >= 15 is 0 Å². The first-order valence-corrected chi connectivity index (χ1v) is 10.3. The molecule has 7 nitrogen and oxygen atoms in total. The van der Waals surface area contributed by atoms with E-state index in [0.29, 0.717) is 28.5 Å². The molecule has 0 saturated heterocycles. The SMILES string of the molecule is COc1cc([C@@H]2CC(=O)Nc3c2sc(C(=O)O)c3-c2ccccc2)cc(OC)c1OC. The lowest BCUT2D eigenvalue weighted by molar-refractivity contribution is -0.116. The number of methoxy groups -OCH3 is 3. The van der Waals surface area contributed by atoms with E-state index in [1.165, 1.54) is 32.7 Å². The first kappa shape index (κ1) is 20.7. The fourth-order valence-corrected chi connectivity index (χ4v) is 5.14. The lowest BCUT2D eigenvalue weighted by Crippen LogP contribution is -2.22. The van der Waals surface area contributed by atoms with Gasteiger partial charge in [-0.3, -0.25) is 4.79 Å². The van der Waals surface area contributed by atoms with Gasteiger partial charge >= 0.3 is 5.97 Å². The number of carbonyl (C=O) groups excluding carboxylic acids is 1. The molecule has 0 radical (unpaired) electrons. The number of rotatable bonds is 6. The van der Waals surface area contributed by atoms with E-state index in [2.05, 4.69) is 5.32 Å². The number of anilines is 1. The standard InChI is InChI=1S/C23H21NO6S/c1-28-15-9-13(10-16(29-2)20(15)30-3)14-11-17(25)24-19-18(12-7-5-4-6-8-12)22(23(26)27)31-21(14)19/h4-10,14H,11H2,1-3H3,(H,24,25)(H,26,27)/t14-/m0/s1. The Morgan fingerprint density at radius 1 is 1.06 bits per heavy atom. The maximum atomic E-state index is 12.7. The third-order valence-electron chi connectivity index (χ3n) is 5.25. The molecule has 2 aromatic carbocycles. The molecule has 3 aromatic rings. The highest BCUT2D eigenvalue weighted by Gasteiger charge is 2.35. The molecule has 0 aliphatic carbocycles. The number of hydrogen-bond acceptors (Lipinski definition) is 6. The van der Waals surface area contributed by atoms with Gasteiger partial charge in [-0.05, 0) is 23.3 Å². The molecule has 31 heavy (non-hydrogen) atoms. The highest BCUT2D eigenvalue weighted by Crippen LogP contribution is 2.51. The maximum Gasteiger partial charge on any atom is 0.346 e. The third-order valence-corrected chi connectivity index (χ3v) is 6.54. The van der Waals surface area contributed by atoms with Crippen molar-refractivity contribution in [2.45, 2.75) is 12.3 Å². The van der Waals surface area contributed by atoms with Gasteiger partial charge in [0.05, 0.1) is 27.0 Å². The topological polar surface area (TPSA) is 94.1 Å². The number of amides is 1. The molecule has 0 saturated carbocycles. The predicted molar refractivity (Wildman–Crippen MR) is 118 cm³/mol. The van der Waals surface area contributed by atoms with Crippen molar-refractivity contribution in [3.63, 3.8) is 0 Å².